The first-order chi connectivity index (χ1) is 15.0. The lowest BCUT2D eigenvalue weighted by atomic mass is 10.0. The van der Waals surface area contributed by atoms with Gasteiger partial charge in [-0.25, -0.2) is 5.01 Å². The lowest BCUT2D eigenvalue weighted by Gasteiger charge is -2.18. The topological polar surface area (TPSA) is 71.9 Å². The highest BCUT2D eigenvalue weighted by Gasteiger charge is 2.19. The molecule has 3 aromatic carbocycles. The van der Waals surface area contributed by atoms with E-state index in [1.807, 2.05) is 74.5 Å². The predicted octanol–water partition coefficient (Wildman–Crippen LogP) is 6.64. The van der Waals surface area contributed by atoms with Gasteiger partial charge in [0.25, 0.3) is 5.69 Å². The summed E-state index contributed by atoms with van der Waals surface area (Å²) < 4.78 is 5.90. The van der Waals surface area contributed by atoms with Gasteiger partial charge in [0.15, 0.2) is 0 Å². The third-order valence-corrected chi connectivity index (χ3v) is 5.00. The zero-order chi connectivity index (χ0) is 21.8. The number of furan rings is 1. The minimum Gasteiger partial charge on any atom is -0.455 e. The molecule has 0 aliphatic rings. The first-order valence-corrected chi connectivity index (χ1v) is 9.83. The van der Waals surface area contributed by atoms with Crippen LogP contribution < -0.4 is 5.01 Å². The molecular formula is C25H21N3O3. The lowest BCUT2D eigenvalue weighted by Crippen LogP contribution is -2.08. The number of rotatable bonds is 6. The highest BCUT2D eigenvalue weighted by atomic mass is 16.6. The number of para-hydroxylation sites is 2. The molecule has 4 rings (SSSR count). The van der Waals surface area contributed by atoms with Crippen molar-refractivity contribution in [3.05, 3.63) is 112 Å². The maximum absolute atomic E-state index is 11.5. The molecule has 0 saturated carbocycles. The van der Waals surface area contributed by atoms with Crippen LogP contribution in [-0.2, 0) is 0 Å². The molecule has 0 aliphatic heterocycles. The average molecular weight is 411 g/mol. The largest absolute Gasteiger partial charge is 0.455 e. The predicted molar refractivity (Wildman–Crippen MR) is 123 cm³/mol. The van der Waals surface area contributed by atoms with E-state index in [0.717, 1.165) is 22.5 Å². The van der Waals surface area contributed by atoms with Gasteiger partial charge in [-0.2, -0.15) is 5.10 Å². The van der Waals surface area contributed by atoms with Crippen LogP contribution in [0.25, 0.3) is 11.3 Å². The molecule has 6 nitrogen and oxygen atoms in total. The van der Waals surface area contributed by atoms with E-state index < -0.39 is 0 Å². The summed E-state index contributed by atoms with van der Waals surface area (Å²) >= 11 is 0. The first kappa shape index (κ1) is 20.1. The van der Waals surface area contributed by atoms with Gasteiger partial charge in [0, 0.05) is 6.07 Å². The number of nitro groups is 1. The van der Waals surface area contributed by atoms with Crippen molar-refractivity contribution < 1.29 is 9.34 Å². The molecule has 1 heterocycles. The van der Waals surface area contributed by atoms with Crippen LogP contribution in [0.15, 0.2) is 94.4 Å². The highest BCUT2D eigenvalue weighted by molar-refractivity contribution is 5.81. The molecule has 4 aromatic rings. The van der Waals surface area contributed by atoms with Crippen LogP contribution in [0.3, 0.4) is 0 Å². The smallest absolute Gasteiger partial charge is 0.280 e. The quantitative estimate of drug-likeness (QED) is 0.202. The third-order valence-electron chi connectivity index (χ3n) is 5.00. The van der Waals surface area contributed by atoms with Gasteiger partial charge in [-0.1, -0.05) is 36.4 Å². The molecule has 0 aliphatic carbocycles. The van der Waals surface area contributed by atoms with E-state index in [2.05, 4.69) is 5.10 Å². The van der Waals surface area contributed by atoms with Crippen LogP contribution in [0, 0.1) is 24.0 Å². The highest BCUT2D eigenvalue weighted by Crippen LogP contribution is 2.33. The van der Waals surface area contributed by atoms with Gasteiger partial charge in [0.1, 0.15) is 11.5 Å². The van der Waals surface area contributed by atoms with Gasteiger partial charge in [-0.3, -0.25) is 10.1 Å². The molecule has 0 atom stereocenters. The number of aryl methyl sites for hydroxylation is 2. The summed E-state index contributed by atoms with van der Waals surface area (Å²) in [6, 6.07) is 26.4. The molecule has 0 spiro atoms. The fraction of sp³-hybridized carbons (Fsp3) is 0.0800. The van der Waals surface area contributed by atoms with Crippen LogP contribution >= 0.6 is 0 Å². The zero-order valence-electron chi connectivity index (χ0n) is 17.2. The van der Waals surface area contributed by atoms with E-state index in [0.29, 0.717) is 17.1 Å². The van der Waals surface area contributed by atoms with Crippen molar-refractivity contribution in [1.82, 2.24) is 0 Å². The molecule has 6 heteroatoms. The standard InChI is InChI=1S/C25H21N3O3/c1-18-15-23(24(28(29)30)16-19(18)2)25-14-13-22(31-25)17-26-27(20-9-5-3-6-10-20)21-11-7-4-8-12-21/h3-17H,1-2H3. The van der Waals surface area contributed by atoms with Crippen molar-refractivity contribution in [3.63, 3.8) is 0 Å². The normalized spacial score (nSPS) is 11.0. The van der Waals surface area contributed by atoms with Crippen molar-refractivity contribution in [2.24, 2.45) is 5.10 Å². The van der Waals surface area contributed by atoms with E-state index >= 15 is 0 Å². The summed E-state index contributed by atoms with van der Waals surface area (Å²) in [6.07, 6.45) is 1.61. The second-order valence-corrected chi connectivity index (χ2v) is 7.14. The van der Waals surface area contributed by atoms with Gasteiger partial charge >= 0.3 is 0 Å². The number of hydrogen-bond acceptors (Lipinski definition) is 5. The minimum atomic E-state index is -0.384. The Kier molecular flexibility index (Phi) is 5.62. The lowest BCUT2D eigenvalue weighted by molar-refractivity contribution is -0.384. The van der Waals surface area contributed by atoms with Crippen LogP contribution in [0.2, 0.25) is 0 Å². The number of nitrogens with zero attached hydrogens (tertiary/aromatic N) is 3. The fourth-order valence-electron chi connectivity index (χ4n) is 3.25. The Morgan fingerprint density at radius 3 is 2.03 bits per heavy atom. The molecule has 0 bridgehead atoms. The Bertz CT molecular complexity index is 1190. The van der Waals surface area contributed by atoms with Crippen LogP contribution in [0.4, 0.5) is 17.1 Å². The Balaban J connectivity index is 1.68. The maximum atomic E-state index is 11.5. The van der Waals surface area contributed by atoms with Crippen LogP contribution in [0.1, 0.15) is 16.9 Å². The number of benzene rings is 3. The summed E-state index contributed by atoms with van der Waals surface area (Å²) in [5, 5.41) is 17.9. The number of anilines is 2. The zero-order valence-corrected chi connectivity index (χ0v) is 17.2. The summed E-state index contributed by atoms with van der Waals surface area (Å²) in [5.74, 6) is 0.932. The summed E-state index contributed by atoms with van der Waals surface area (Å²) in [7, 11) is 0. The molecular weight excluding hydrogens is 390 g/mol. The Hall–Kier alpha value is -4.19. The molecule has 0 unspecified atom stereocenters. The average Bonchev–Trinajstić information content (AvgIpc) is 3.26. The third kappa shape index (κ3) is 4.38. The van der Waals surface area contributed by atoms with Gasteiger partial charge in [-0.15, -0.1) is 0 Å². The second kappa shape index (κ2) is 8.67. The van der Waals surface area contributed by atoms with E-state index in [1.54, 1.807) is 35.5 Å². The molecule has 0 saturated heterocycles. The Morgan fingerprint density at radius 1 is 0.871 bits per heavy atom. The van der Waals surface area contributed by atoms with E-state index in [9.17, 15) is 10.1 Å². The van der Waals surface area contributed by atoms with Crippen LogP contribution in [-0.4, -0.2) is 11.1 Å². The van der Waals surface area contributed by atoms with E-state index in [-0.39, 0.29) is 10.6 Å². The van der Waals surface area contributed by atoms with Crippen molar-refractivity contribution >= 4 is 23.3 Å². The van der Waals surface area contributed by atoms with Crippen molar-refractivity contribution in [3.8, 4) is 11.3 Å². The molecule has 1 aromatic heterocycles. The fourth-order valence-corrected chi connectivity index (χ4v) is 3.25. The monoisotopic (exact) mass is 411 g/mol. The SMILES string of the molecule is Cc1cc(-c2ccc(C=NN(c3ccccc3)c3ccccc3)o2)c([N+](=O)[O-])cc1C. The maximum Gasteiger partial charge on any atom is 0.280 e. The van der Waals surface area contributed by atoms with E-state index in [4.69, 9.17) is 4.42 Å². The Labute approximate surface area is 180 Å². The molecule has 154 valence electrons. The summed E-state index contributed by atoms with van der Waals surface area (Å²) in [4.78, 5) is 11.1. The van der Waals surface area contributed by atoms with Gasteiger partial charge in [0.05, 0.1) is 28.1 Å². The Morgan fingerprint density at radius 2 is 1.45 bits per heavy atom. The van der Waals surface area contributed by atoms with Gasteiger partial charge in [0.2, 0.25) is 0 Å². The summed E-state index contributed by atoms with van der Waals surface area (Å²) in [5.41, 5.74) is 4.12. The second-order valence-electron chi connectivity index (χ2n) is 7.14. The van der Waals surface area contributed by atoms with Crippen molar-refractivity contribution in [2.45, 2.75) is 13.8 Å². The molecule has 0 amide bonds. The molecule has 0 radical (unpaired) electrons. The summed E-state index contributed by atoms with van der Waals surface area (Å²) in [6.45, 7) is 3.78. The number of hydrogen-bond donors (Lipinski definition) is 0. The minimum absolute atomic E-state index is 0.0242. The van der Waals surface area contributed by atoms with Crippen LogP contribution in [0.5, 0.6) is 0 Å². The molecule has 0 fully saturated rings. The molecule has 0 N–H and O–H groups in total. The van der Waals surface area contributed by atoms with Gasteiger partial charge in [-0.05, 0) is 67.4 Å². The van der Waals surface area contributed by atoms with Gasteiger partial charge < -0.3 is 4.42 Å². The molecule has 31 heavy (non-hydrogen) atoms. The van der Waals surface area contributed by atoms with E-state index in [1.165, 1.54) is 0 Å². The number of nitro benzene ring substituents is 1. The van der Waals surface area contributed by atoms with Crippen molar-refractivity contribution in [2.75, 3.05) is 5.01 Å². The first-order valence-electron chi connectivity index (χ1n) is 9.83. The number of hydrazone groups is 1. The van der Waals surface area contributed by atoms with Crippen molar-refractivity contribution in [1.29, 1.82) is 0 Å².